The fraction of sp³-hybridized carbons (Fsp3) is 0.350. The molecule has 152 valence electrons. The average Bonchev–Trinajstić information content (AvgIpc) is 2.67. The molecule has 0 heterocycles. The van der Waals surface area contributed by atoms with Gasteiger partial charge in [0, 0.05) is 19.6 Å². The zero-order valence-electron chi connectivity index (χ0n) is 16.2. The summed E-state index contributed by atoms with van der Waals surface area (Å²) in [5.41, 5.74) is 2.03. The Morgan fingerprint density at radius 2 is 1.68 bits per heavy atom. The fourth-order valence-electron chi connectivity index (χ4n) is 2.47. The second-order valence-corrected chi connectivity index (χ2v) is 8.04. The minimum Gasteiger partial charge on any atom is -0.357 e. The van der Waals surface area contributed by atoms with Gasteiger partial charge in [0.05, 0.1) is 11.4 Å². The molecule has 0 saturated carbocycles. The summed E-state index contributed by atoms with van der Waals surface area (Å²) in [5, 5.41) is 6.30. The lowest BCUT2D eigenvalue weighted by Gasteiger charge is -2.11. The van der Waals surface area contributed by atoms with Crippen LogP contribution in [0.5, 0.6) is 0 Å². The summed E-state index contributed by atoms with van der Waals surface area (Å²) in [5.74, 6) is 0.360. The molecule has 28 heavy (non-hydrogen) atoms. The second-order valence-electron chi connectivity index (χ2n) is 6.27. The average molecular weight is 407 g/mol. The molecule has 2 aromatic rings. The van der Waals surface area contributed by atoms with E-state index in [2.05, 4.69) is 20.3 Å². The molecule has 0 aromatic heterocycles. The minimum absolute atomic E-state index is 0.199. The van der Waals surface area contributed by atoms with Gasteiger partial charge in [-0.1, -0.05) is 29.8 Å². The topological polar surface area (TPSA) is 82.6 Å². The van der Waals surface area contributed by atoms with Gasteiger partial charge in [-0.05, 0) is 50.1 Å². The first-order chi connectivity index (χ1) is 13.4. The van der Waals surface area contributed by atoms with Crippen molar-refractivity contribution in [1.29, 1.82) is 0 Å². The van der Waals surface area contributed by atoms with E-state index in [1.807, 2.05) is 13.8 Å². The van der Waals surface area contributed by atoms with E-state index < -0.39 is 10.0 Å². The van der Waals surface area contributed by atoms with Gasteiger partial charge in [0.15, 0.2) is 5.96 Å². The Morgan fingerprint density at radius 3 is 2.32 bits per heavy atom. The molecule has 0 unspecified atom stereocenters. The van der Waals surface area contributed by atoms with Crippen molar-refractivity contribution in [2.45, 2.75) is 25.2 Å². The summed E-state index contributed by atoms with van der Waals surface area (Å²) in [6.07, 6.45) is 0.727. The molecular formula is C20H27FN4O2S. The maximum Gasteiger partial charge on any atom is 0.240 e. The monoisotopic (exact) mass is 406 g/mol. The van der Waals surface area contributed by atoms with Gasteiger partial charge in [-0.25, -0.2) is 17.5 Å². The molecule has 0 bridgehead atoms. The van der Waals surface area contributed by atoms with Crippen LogP contribution in [0.2, 0.25) is 0 Å². The molecule has 0 saturated heterocycles. The molecule has 0 fully saturated rings. The quantitative estimate of drug-likeness (QED) is 0.339. The molecule has 2 rings (SSSR count). The first-order valence-electron chi connectivity index (χ1n) is 9.23. The number of halogens is 1. The molecule has 0 amide bonds. The minimum atomic E-state index is -3.53. The van der Waals surface area contributed by atoms with Crippen LogP contribution in [0.3, 0.4) is 0 Å². The van der Waals surface area contributed by atoms with Gasteiger partial charge < -0.3 is 10.6 Å². The van der Waals surface area contributed by atoms with Crippen LogP contribution in [0.4, 0.5) is 4.39 Å². The molecule has 0 aliphatic carbocycles. The first kappa shape index (κ1) is 21.8. The van der Waals surface area contributed by atoms with Gasteiger partial charge in [0.25, 0.3) is 0 Å². The molecule has 2 aromatic carbocycles. The smallest absolute Gasteiger partial charge is 0.240 e. The van der Waals surface area contributed by atoms with Crippen LogP contribution >= 0.6 is 0 Å². The lowest BCUT2D eigenvalue weighted by atomic mass is 10.1. The van der Waals surface area contributed by atoms with Crippen molar-refractivity contribution in [2.24, 2.45) is 4.99 Å². The molecule has 3 N–H and O–H groups in total. The summed E-state index contributed by atoms with van der Waals surface area (Å²) in [6, 6.07) is 13.1. The van der Waals surface area contributed by atoms with Crippen molar-refractivity contribution in [3.05, 3.63) is 65.5 Å². The number of nitrogens with one attached hydrogen (secondary N) is 3. The van der Waals surface area contributed by atoms with E-state index in [1.54, 1.807) is 36.4 Å². The SMILES string of the molecule is CCNC(=NCCNS(=O)(=O)c1ccc(C)cc1)NCCc1ccc(F)cc1. The Morgan fingerprint density at radius 1 is 1.00 bits per heavy atom. The van der Waals surface area contributed by atoms with Crippen LogP contribution in [-0.4, -0.2) is 40.6 Å². The van der Waals surface area contributed by atoms with Crippen molar-refractivity contribution >= 4 is 16.0 Å². The van der Waals surface area contributed by atoms with Gasteiger partial charge in [-0.15, -0.1) is 0 Å². The number of rotatable bonds is 9. The predicted molar refractivity (Wildman–Crippen MR) is 110 cm³/mol. The summed E-state index contributed by atoms with van der Waals surface area (Å²) in [7, 11) is -3.53. The standard InChI is InChI=1S/C20H27FN4O2S/c1-3-22-20(23-13-12-17-6-8-18(21)9-7-17)24-14-15-25-28(26,27)19-10-4-16(2)5-11-19/h4-11,25H,3,12-15H2,1-2H3,(H2,22,23,24). The Bertz CT molecular complexity index is 866. The highest BCUT2D eigenvalue weighted by Gasteiger charge is 2.12. The largest absolute Gasteiger partial charge is 0.357 e. The number of aliphatic imine (C=N–C) groups is 1. The Balaban J connectivity index is 1.81. The van der Waals surface area contributed by atoms with Gasteiger partial charge in [-0.2, -0.15) is 0 Å². The number of nitrogens with zero attached hydrogens (tertiary/aromatic N) is 1. The van der Waals surface area contributed by atoms with Crippen LogP contribution < -0.4 is 15.4 Å². The van der Waals surface area contributed by atoms with Crippen molar-refractivity contribution in [1.82, 2.24) is 15.4 Å². The maximum atomic E-state index is 12.9. The van der Waals surface area contributed by atoms with Crippen LogP contribution in [-0.2, 0) is 16.4 Å². The van der Waals surface area contributed by atoms with E-state index in [1.165, 1.54) is 12.1 Å². The number of hydrogen-bond donors (Lipinski definition) is 3. The highest BCUT2D eigenvalue weighted by atomic mass is 32.2. The molecule has 0 aliphatic heterocycles. The number of sulfonamides is 1. The Hall–Kier alpha value is -2.45. The number of benzene rings is 2. The predicted octanol–water partition coefficient (Wildman–Crippen LogP) is 2.21. The van der Waals surface area contributed by atoms with Gasteiger partial charge >= 0.3 is 0 Å². The van der Waals surface area contributed by atoms with Gasteiger partial charge in [0.1, 0.15) is 5.82 Å². The third kappa shape index (κ3) is 7.28. The van der Waals surface area contributed by atoms with E-state index in [0.29, 0.717) is 25.6 Å². The molecule has 0 atom stereocenters. The first-order valence-corrected chi connectivity index (χ1v) is 10.7. The van der Waals surface area contributed by atoms with E-state index >= 15 is 0 Å². The Kier molecular flexibility index (Phi) is 8.41. The molecular weight excluding hydrogens is 379 g/mol. The van der Waals surface area contributed by atoms with Crippen LogP contribution in [0.1, 0.15) is 18.1 Å². The molecule has 0 spiro atoms. The summed E-state index contributed by atoms with van der Waals surface area (Å²) in [4.78, 5) is 4.62. The highest BCUT2D eigenvalue weighted by Crippen LogP contribution is 2.09. The van der Waals surface area contributed by atoms with Crippen molar-refractivity contribution in [3.8, 4) is 0 Å². The maximum absolute atomic E-state index is 12.9. The van der Waals surface area contributed by atoms with Crippen molar-refractivity contribution < 1.29 is 12.8 Å². The van der Waals surface area contributed by atoms with E-state index in [4.69, 9.17) is 0 Å². The number of aryl methyl sites for hydroxylation is 1. The summed E-state index contributed by atoms with van der Waals surface area (Å²) in [6.45, 7) is 5.69. The van der Waals surface area contributed by atoms with Crippen LogP contribution in [0.15, 0.2) is 58.4 Å². The van der Waals surface area contributed by atoms with Crippen molar-refractivity contribution in [2.75, 3.05) is 26.2 Å². The van der Waals surface area contributed by atoms with Crippen LogP contribution in [0.25, 0.3) is 0 Å². The van der Waals surface area contributed by atoms with E-state index in [-0.39, 0.29) is 17.3 Å². The van der Waals surface area contributed by atoms with Crippen LogP contribution in [0, 0.1) is 12.7 Å². The molecule has 6 nitrogen and oxygen atoms in total. The molecule has 8 heteroatoms. The zero-order chi connectivity index (χ0) is 20.4. The van der Waals surface area contributed by atoms with E-state index in [9.17, 15) is 12.8 Å². The van der Waals surface area contributed by atoms with Gasteiger partial charge in [0.2, 0.25) is 10.0 Å². The lowest BCUT2D eigenvalue weighted by Crippen LogP contribution is -2.39. The number of hydrogen-bond acceptors (Lipinski definition) is 3. The Labute approximate surface area is 166 Å². The third-order valence-corrected chi connectivity index (χ3v) is 5.45. The third-order valence-electron chi connectivity index (χ3n) is 3.97. The molecule has 0 aliphatic rings. The van der Waals surface area contributed by atoms with E-state index in [0.717, 1.165) is 17.5 Å². The lowest BCUT2D eigenvalue weighted by molar-refractivity contribution is 0.582. The summed E-state index contributed by atoms with van der Waals surface area (Å²) >= 11 is 0. The summed E-state index contributed by atoms with van der Waals surface area (Å²) < 4.78 is 40.0. The van der Waals surface area contributed by atoms with Gasteiger partial charge in [-0.3, -0.25) is 4.99 Å². The normalized spacial score (nSPS) is 12.0. The second kappa shape index (κ2) is 10.8. The van der Waals surface area contributed by atoms with Crippen molar-refractivity contribution in [3.63, 3.8) is 0 Å². The molecule has 0 radical (unpaired) electrons. The highest BCUT2D eigenvalue weighted by molar-refractivity contribution is 7.89. The number of guanidine groups is 1. The zero-order valence-corrected chi connectivity index (χ0v) is 17.0. The fourth-order valence-corrected chi connectivity index (χ4v) is 3.49.